The third-order valence-electron chi connectivity index (χ3n) is 3.59. The van der Waals surface area contributed by atoms with Gasteiger partial charge in [0.25, 0.3) is 0 Å². The van der Waals surface area contributed by atoms with Crippen molar-refractivity contribution in [2.75, 3.05) is 19.0 Å². The average Bonchev–Trinajstić information content (AvgIpc) is 2.53. The largest absolute Gasteiger partial charge is 0.422 e. The summed E-state index contributed by atoms with van der Waals surface area (Å²) >= 11 is 0. The van der Waals surface area contributed by atoms with Crippen molar-refractivity contribution in [3.63, 3.8) is 0 Å². The van der Waals surface area contributed by atoms with Crippen molar-refractivity contribution in [2.24, 2.45) is 0 Å². The minimum Gasteiger partial charge on any atom is -0.422 e. The van der Waals surface area contributed by atoms with Gasteiger partial charge in [-0.15, -0.1) is 0 Å². The van der Waals surface area contributed by atoms with Gasteiger partial charge in [0.05, 0.1) is 0 Å². The number of benzene rings is 2. The highest BCUT2D eigenvalue weighted by Gasteiger charge is 2.16. The maximum absolute atomic E-state index is 12.9. The van der Waals surface area contributed by atoms with Gasteiger partial charge in [-0.1, -0.05) is 0 Å². The highest BCUT2D eigenvalue weighted by molar-refractivity contribution is 6.09. The van der Waals surface area contributed by atoms with Crippen molar-refractivity contribution >= 4 is 22.4 Å². The number of nitrogens with zero attached hydrogens (tertiary/aromatic N) is 1. The highest BCUT2D eigenvalue weighted by Crippen LogP contribution is 2.21. The molecule has 2 aromatic carbocycles. The fourth-order valence-corrected chi connectivity index (χ4v) is 2.29. The molecule has 0 aliphatic carbocycles. The van der Waals surface area contributed by atoms with Crippen molar-refractivity contribution in [1.29, 1.82) is 0 Å². The van der Waals surface area contributed by atoms with Gasteiger partial charge in [-0.3, -0.25) is 4.79 Å². The molecule has 0 radical (unpaired) electrons. The van der Waals surface area contributed by atoms with Gasteiger partial charge < -0.3 is 9.32 Å². The van der Waals surface area contributed by atoms with Crippen molar-refractivity contribution in [3.8, 4) is 0 Å². The third-order valence-corrected chi connectivity index (χ3v) is 3.59. The zero-order valence-electron chi connectivity index (χ0n) is 12.7. The Hall–Kier alpha value is -2.95. The van der Waals surface area contributed by atoms with Crippen LogP contribution < -0.4 is 10.5 Å². The highest BCUT2D eigenvalue weighted by atomic mass is 19.1. The van der Waals surface area contributed by atoms with E-state index in [1.807, 2.05) is 25.1 Å². The minimum atomic E-state index is -0.706. The number of hydrogen-bond donors (Lipinski definition) is 0. The smallest absolute Gasteiger partial charge is 0.347 e. The van der Waals surface area contributed by atoms with Crippen molar-refractivity contribution < 1.29 is 13.6 Å². The normalized spacial score (nSPS) is 10.7. The second-order valence-electron chi connectivity index (χ2n) is 5.40. The number of anilines is 1. The molecule has 0 atom stereocenters. The van der Waals surface area contributed by atoms with E-state index >= 15 is 0 Å². The molecule has 5 heteroatoms. The summed E-state index contributed by atoms with van der Waals surface area (Å²) in [7, 11) is 3.76. The fourth-order valence-electron chi connectivity index (χ4n) is 2.29. The molecule has 3 aromatic rings. The first-order valence-corrected chi connectivity index (χ1v) is 7.01. The van der Waals surface area contributed by atoms with Crippen molar-refractivity contribution in [1.82, 2.24) is 0 Å². The summed E-state index contributed by atoms with van der Waals surface area (Å²) in [5.41, 5.74) is 0.766. The first kappa shape index (κ1) is 15.0. The quantitative estimate of drug-likeness (QED) is 0.550. The molecule has 116 valence electrons. The molecule has 0 aliphatic rings. The zero-order valence-corrected chi connectivity index (χ0v) is 12.7. The first-order valence-electron chi connectivity index (χ1n) is 7.01. The van der Waals surface area contributed by atoms with Crippen LogP contribution >= 0.6 is 0 Å². The summed E-state index contributed by atoms with van der Waals surface area (Å²) in [6.07, 6.45) is 0. The molecule has 4 nitrogen and oxygen atoms in total. The van der Waals surface area contributed by atoms with Crippen LogP contribution in [0.3, 0.4) is 0 Å². The number of rotatable bonds is 3. The summed E-state index contributed by atoms with van der Waals surface area (Å²) in [6.45, 7) is 0. The summed E-state index contributed by atoms with van der Waals surface area (Å²) in [5.74, 6) is -0.930. The molecule has 0 amide bonds. The Morgan fingerprint density at radius 2 is 1.74 bits per heavy atom. The van der Waals surface area contributed by atoms with Gasteiger partial charge >= 0.3 is 5.63 Å². The molecule has 1 heterocycles. The molecule has 0 unspecified atom stereocenters. The van der Waals surface area contributed by atoms with Crippen LogP contribution in [-0.2, 0) is 0 Å². The molecule has 0 saturated carbocycles. The molecule has 0 fully saturated rings. The lowest BCUT2D eigenvalue weighted by Crippen LogP contribution is -2.15. The molecule has 1 aromatic heterocycles. The van der Waals surface area contributed by atoms with Gasteiger partial charge in [0.1, 0.15) is 17.0 Å². The van der Waals surface area contributed by atoms with E-state index in [-0.39, 0.29) is 11.1 Å². The van der Waals surface area contributed by atoms with Crippen molar-refractivity contribution in [2.45, 2.75) is 0 Å². The minimum absolute atomic E-state index is 0.0679. The van der Waals surface area contributed by atoms with Crippen LogP contribution in [-0.4, -0.2) is 19.9 Å². The molecule has 23 heavy (non-hydrogen) atoms. The Bertz CT molecular complexity index is 943. The maximum atomic E-state index is 12.9. The van der Waals surface area contributed by atoms with Crippen LogP contribution in [0.5, 0.6) is 0 Å². The summed E-state index contributed by atoms with van der Waals surface area (Å²) in [4.78, 5) is 26.4. The van der Waals surface area contributed by atoms with Gasteiger partial charge in [-0.2, -0.15) is 0 Å². The fraction of sp³-hybridized carbons (Fsp3) is 0.111. The predicted octanol–water partition coefficient (Wildman–Crippen LogP) is 3.23. The van der Waals surface area contributed by atoms with E-state index in [0.717, 1.165) is 5.69 Å². The van der Waals surface area contributed by atoms with E-state index in [9.17, 15) is 14.0 Å². The van der Waals surface area contributed by atoms with Gasteiger partial charge in [0.2, 0.25) is 0 Å². The molecular weight excluding hydrogens is 297 g/mol. The Balaban J connectivity index is 2.09. The van der Waals surface area contributed by atoms with Gasteiger partial charge in [0, 0.05) is 36.8 Å². The van der Waals surface area contributed by atoms with E-state index in [1.54, 1.807) is 12.1 Å². The van der Waals surface area contributed by atoms with E-state index in [0.29, 0.717) is 11.0 Å². The Labute approximate surface area is 131 Å². The second kappa shape index (κ2) is 5.68. The van der Waals surface area contributed by atoms with Gasteiger partial charge in [-0.25, -0.2) is 9.18 Å². The Morgan fingerprint density at radius 3 is 2.39 bits per heavy atom. The molecule has 0 spiro atoms. The number of carbonyl (C=O) groups is 1. The average molecular weight is 311 g/mol. The van der Waals surface area contributed by atoms with Crippen LogP contribution in [0.2, 0.25) is 0 Å². The van der Waals surface area contributed by atoms with Crippen LogP contribution in [0.15, 0.2) is 57.7 Å². The number of carbonyl (C=O) groups excluding carboxylic acids is 1. The topological polar surface area (TPSA) is 50.5 Å². The maximum Gasteiger partial charge on any atom is 0.347 e. The van der Waals surface area contributed by atoms with E-state index in [2.05, 4.69) is 0 Å². The lowest BCUT2D eigenvalue weighted by molar-refractivity contribution is 0.103. The predicted molar refractivity (Wildman–Crippen MR) is 86.6 cm³/mol. The lowest BCUT2D eigenvalue weighted by Gasteiger charge is -2.12. The summed E-state index contributed by atoms with van der Waals surface area (Å²) < 4.78 is 18.2. The van der Waals surface area contributed by atoms with E-state index in [4.69, 9.17) is 4.42 Å². The van der Waals surface area contributed by atoms with Crippen LogP contribution in [0.4, 0.5) is 10.1 Å². The molecule has 0 saturated heterocycles. The summed E-state index contributed by atoms with van der Waals surface area (Å²) in [6, 6.07) is 11.9. The molecule has 0 aliphatic heterocycles. The number of ketones is 1. The molecular formula is C18H14FNO3. The first-order chi connectivity index (χ1) is 11.0. The molecule has 0 N–H and O–H groups in total. The summed E-state index contributed by atoms with van der Waals surface area (Å²) in [5, 5.41) is 0.653. The SMILES string of the molecule is CN(C)c1ccc2cc(C(=O)c3ccc(F)cc3)c(=O)oc2c1. The Morgan fingerprint density at radius 1 is 1.04 bits per heavy atom. The third kappa shape index (κ3) is 2.85. The van der Waals surface area contributed by atoms with Gasteiger partial charge in [0.15, 0.2) is 5.78 Å². The van der Waals surface area contributed by atoms with Crippen LogP contribution in [0, 0.1) is 5.82 Å². The zero-order chi connectivity index (χ0) is 16.6. The van der Waals surface area contributed by atoms with Crippen LogP contribution in [0.1, 0.15) is 15.9 Å². The number of fused-ring (bicyclic) bond motifs is 1. The monoisotopic (exact) mass is 311 g/mol. The Kier molecular flexibility index (Phi) is 3.70. The van der Waals surface area contributed by atoms with Crippen molar-refractivity contribution in [3.05, 3.63) is 75.9 Å². The van der Waals surface area contributed by atoms with E-state index in [1.165, 1.54) is 30.3 Å². The number of halogens is 1. The molecule has 3 rings (SSSR count). The van der Waals surface area contributed by atoms with E-state index < -0.39 is 17.2 Å². The second-order valence-corrected chi connectivity index (χ2v) is 5.40. The molecule has 0 bridgehead atoms. The number of hydrogen-bond acceptors (Lipinski definition) is 4. The lowest BCUT2D eigenvalue weighted by atomic mass is 10.0. The standard InChI is InChI=1S/C18H14FNO3/c1-20(2)14-8-5-12-9-15(18(22)23-16(12)10-14)17(21)11-3-6-13(19)7-4-11/h3-10H,1-2H3. The van der Waals surface area contributed by atoms with Gasteiger partial charge in [-0.05, 0) is 42.5 Å². The van der Waals surface area contributed by atoms with Crippen LogP contribution in [0.25, 0.3) is 11.0 Å².